The second-order valence-electron chi connectivity index (χ2n) is 4.36. The largest absolute Gasteiger partial charge is 0.326 e. The summed E-state index contributed by atoms with van der Waals surface area (Å²) in [4.78, 5) is 24.8. The molecule has 0 spiro atoms. The van der Waals surface area contributed by atoms with Crippen LogP contribution in [0.4, 0.5) is 4.79 Å². The standard InChI is InChI=1S/C13H17N3O2/c1-2-11-12(17)16(13(18)15-11)8-10-5-3-9(7-14)4-6-10/h3-6,11H,2,7-8,14H2,1H3,(H,15,18). The fourth-order valence-electron chi connectivity index (χ4n) is 1.97. The van der Waals surface area contributed by atoms with Crippen molar-refractivity contribution in [3.05, 3.63) is 35.4 Å². The lowest BCUT2D eigenvalue weighted by atomic mass is 10.1. The Balaban J connectivity index is 2.08. The number of hydrogen-bond acceptors (Lipinski definition) is 3. The molecule has 1 saturated heterocycles. The number of benzene rings is 1. The van der Waals surface area contributed by atoms with Crippen LogP contribution >= 0.6 is 0 Å². The summed E-state index contributed by atoms with van der Waals surface area (Å²) in [5, 5.41) is 2.66. The number of carbonyl (C=O) groups is 2. The molecular formula is C13H17N3O2. The van der Waals surface area contributed by atoms with E-state index in [0.717, 1.165) is 11.1 Å². The number of carbonyl (C=O) groups excluding carboxylic acids is 2. The Morgan fingerprint density at radius 1 is 1.22 bits per heavy atom. The lowest BCUT2D eigenvalue weighted by Gasteiger charge is -2.13. The molecule has 1 aromatic carbocycles. The molecule has 5 nitrogen and oxygen atoms in total. The van der Waals surface area contributed by atoms with Crippen LogP contribution in [0.5, 0.6) is 0 Å². The molecular weight excluding hydrogens is 230 g/mol. The van der Waals surface area contributed by atoms with E-state index in [1.807, 2.05) is 31.2 Å². The molecule has 1 fully saturated rings. The van der Waals surface area contributed by atoms with E-state index in [-0.39, 0.29) is 18.0 Å². The second kappa shape index (κ2) is 5.18. The van der Waals surface area contributed by atoms with Crippen molar-refractivity contribution < 1.29 is 9.59 Å². The van der Waals surface area contributed by atoms with Crippen LogP contribution in [0.2, 0.25) is 0 Å². The molecule has 1 heterocycles. The SMILES string of the molecule is CCC1NC(=O)N(Cc2ccc(CN)cc2)C1=O. The van der Waals surface area contributed by atoms with Gasteiger partial charge in [0.05, 0.1) is 6.54 Å². The van der Waals surface area contributed by atoms with Gasteiger partial charge in [0.2, 0.25) is 0 Å². The normalized spacial score (nSPS) is 19.2. The van der Waals surface area contributed by atoms with E-state index >= 15 is 0 Å². The molecule has 1 unspecified atom stereocenters. The average Bonchev–Trinajstić information content (AvgIpc) is 2.67. The summed E-state index contributed by atoms with van der Waals surface area (Å²) in [5.41, 5.74) is 7.47. The summed E-state index contributed by atoms with van der Waals surface area (Å²) in [6.45, 7) is 2.68. The molecule has 1 atom stereocenters. The minimum absolute atomic E-state index is 0.148. The maximum atomic E-state index is 11.9. The monoisotopic (exact) mass is 247 g/mol. The molecule has 1 aromatic rings. The average molecular weight is 247 g/mol. The Hall–Kier alpha value is -1.88. The number of urea groups is 1. The zero-order valence-corrected chi connectivity index (χ0v) is 10.3. The van der Waals surface area contributed by atoms with Crippen molar-refractivity contribution in [1.29, 1.82) is 0 Å². The summed E-state index contributed by atoms with van der Waals surface area (Å²) in [6.07, 6.45) is 0.618. The zero-order chi connectivity index (χ0) is 13.1. The quantitative estimate of drug-likeness (QED) is 0.779. The molecule has 3 amide bonds. The summed E-state index contributed by atoms with van der Waals surface area (Å²) < 4.78 is 0. The van der Waals surface area contributed by atoms with E-state index < -0.39 is 0 Å². The molecule has 3 N–H and O–H groups in total. The van der Waals surface area contributed by atoms with E-state index in [4.69, 9.17) is 5.73 Å². The third-order valence-corrected chi connectivity index (χ3v) is 3.11. The van der Waals surface area contributed by atoms with Crippen LogP contribution in [0.3, 0.4) is 0 Å². The highest BCUT2D eigenvalue weighted by molar-refractivity contribution is 6.04. The summed E-state index contributed by atoms with van der Waals surface area (Å²) >= 11 is 0. The smallest absolute Gasteiger partial charge is 0.325 e. The maximum absolute atomic E-state index is 11.9. The third kappa shape index (κ3) is 2.36. The number of amides is 3. The molecule has 1 aliphatic rings. The van der Waals surface area contributed by atoms with E-state index in [9.17, 15) is 9.59 Å². The van der Waals surface area contributed by atoms with Gasteiger partial charge in [-0.15, -0.1) is 0 Å². The number of imide groups is 1. The van der Waals surface area contributed by atoms with E-state index in [1.165, 1.54) is 4.90 Å². The van der Waals surface area contributed by atoms with Gasteiger partial charge in [-0.3, -0.25) is 9.69 Å². The Morgan fingerprint density at radius 3 is 2.33 bits per heavy atom. The first kappa shape index (κ1) is 12.6. The highest BCUT2D eigenvalue weighted by Gasteiger charge is 2.36. The number of rotatable bonds is 4. The van der Waals surface area contributed by atoms with Crippen LogP contribution in [0.1, 0.15) is 24.5 Å². The predicted molar refractivity (Wildman–Crippen MR) is 67.5 cm³/mol. The molecule has 2 rings (SSSR count). The van der Waals surface area contributed by atoms with Crippen molar-refractivity contribution in [1.82, 2.24) is 10.2 Å². The van der Waals surface area contributed by atoms with Gasteiger partial charge in [-0.1, -0.05) is 31.2 Å². The molecule has 5 heteroatoms. The molecule has 0 saturated carbocycles. The topological polar surface area (TPSA) is 75.4 Å². The van der Waals surface area contributed by atoms with Crippen molar-refractivity contribution in [2.24, 2.45) is 5.73 Å². The first-order valence-electron chi connectivity index (χ1n) is 6.05. The van der Waals surface area contributed by atoms with E-state index in [1.54, 1.807) is 0 Å². The van der Waals surface area contributed by atoms with Crippen molar-refractivity contribution in [2.75, 3.05) is 0 Å². The second-order valence-corrected chi connectivity index (χ2v) is 4.36. The summed E-state index contributed by atoms with van der Waals surface area (Å²) in [6, 6.07) is 6.91. The zero-order valence-electron chi connectivity index (χ0n) is 10.3. The molecule has 1 aliphatic heterocycles. The van der Waals surface area contributed by atoms with Crippen LogP contribution in [0.25, 0.3) is 0 Å². The van der Waals surface area contributed by atoms with Crippen LogP contribution in [-0.4, -0.2) is 22.9 Å². The van der Waals surface area contributed by atoms with Gasteiger partial charge in [-0.2, -0.15) is 0 Å². The summed E-state index contributed by atoms with van der Waals surface area (Å²) in [7, 11) is 0. The van der Waals surface area contributed by atoms with Gasteiger partial charge in [-0.05, 0) is 17.5 Å². The Kier molecular flexibility index (Phi) is 3.62. The Morgan fingerprint density at radius 2 is 1.83 bits per heavy atom. The van der Waals surface area contributed by atoms with Crippen LogP contribution in [-0.2, 0) is 17.9 Å². The molecule has 0 radical (unpaired) electrons. The van der Waals surface area contributed by atoms with Crippen molar-refractivity contribution in [3.8, 4) is 0 Å². The van der Waals surface area contributed by atoms with Crippen LogP contribution in [0, 0.1) is 0 Å². The minimum Gasteiger partial charge on any atom is -0.326 e. The van der Waals surface area contributed by atoms with Gasteiger partial charge in [0.1, 0.15) is 6.04 Å². The Labute approximate surface area is 106 Å². The molecule has 0 aliphatic carbocycles. The van der Waals surface area contributed by atoms with Gasteiger partial charge in [0.15, 0.2) is 0 Å². The first-order valence-corrected chi connectivity index (χ1v) is 6.05. The van der Waals surface area contributed by atoms with Gasteiger partial charge in [-0.25, -0.2) is 4.79 Å². The number of nitrogens with zero attached hydrogens (tertiary/aromatic N) is 1. The first-order chi connectivity index (χ1) is 8.65. The van der Waals surface area contributed by atoms with Crippen molar-refractivity contribution in [3.63, 3.8) is 0 Å². The minimum atomic E-state index is -0.374. The van der Waals surface area contributed by atoms with Gasteiger partial charge >= 0.3 is 6.03 Å². The molecule has 96 valence electrons. The van der Waals surface area contributed by atoms with Crippen LogP contribution < -0.4 is 11.1 Å². The van der Waals surface area contributed by atoms with Crippen molar-refractivity contribution >= 4 is 11.9 Å². The van der Waals surface area contributed by atoms with Crippen LogP contribution in [0.15, 0.2) is 24.3 Å². The third-order valence-electron chi connectivity index (χ3n) is 3.11. The number of nitrogens with one attached hydrogen (secondary N) is 1. The molecule has 0 aromatic heterocycles. The highest BCUT2D eigenvalue weighted by atomic mass is 16.2. The number of hydrogen-bond donors (Lipinski definition) is 2. The fraction of sp³-hybridized carbons (Fsp3) is 0.385. The predicted octanol–water partition coefficient (Wildman–Crippen LogP) is 0.976. The highest BCUT2D eigenvalue weighted by Crippen LogP contribution is 2.14. The lowest BCUT2D eigenvalue weighted by Crippen LogP contribution is -2.30. The maximum Gasteiger partial charge on any atom is 0.325 e. The number of nitrogens with two attached hydrogens (primary N) is 1. The van der Waals surface area contributed by atoms with Gasteiger partial charge in [0, 0.05) is 6.54 Å². The van der Waals surface area contributed by atoms with Gasteiger partial charge < -0.3 is 11.1 Å². The lowest BCUT2D eigenvalue weighted by molar-refractivity contribution is -0.127. The van der Waals surface area contributed by atoms with E-state index in [0.29, 0.717) is 19.5 Å². The fourth-order valence-corrected chi connectivity index (χ4v) is 1.97. The van der Waals surface area contributed by atoms with Crippen molar-refractivity contribution in [2.45, 2.75) is 32.5 Å². The van der Waals surface area contributed by atoms with E-state index in [2.05, 4.69) is 5.32 Å². The van der Waals surface area contributed by atoms with Gasteiger partial charge in [0.25, 0.3) is 5.91 Å². The Bertz CT molecular complexity index is 456. The molecule has 0 bridgehead atoms. The summed E-state index contributed by atoms with van der Waals surface area (Å²) in [5.74, 6) is -0.148. The molecule has 18 heavy (non-hydrogen) atoms.